The smallest absolute Gasteiger partial charge is 0.287 e. The van der Waals surface area contributed by atoms with Gasteiger partial charge in [0.2, 0.25) is 0 Å². The van der Waals surface area contributed by atoms with Crippen molar-refractivity contribution in [3.8, 4) is 6.07 Å². The van der Waals surface area contributed by atoms with E-state index in [4.69, 9.17) is 5.26 Å². The lowest BCUT2D eigenvalue weighted by atomic mass is 10.0. The minimum atomic E-state index is -0.548. The molecule has 1 aromatic rings. The molecule has 17 heavy (non-hydrogen) atoms. The van der Waals surface area contributed by atoms with Crippen molar-refractivity contribution >= 4 is 11.4 Å². The number of nitrogens with zero attached hydrogens (tertiary/aromatic N) is 2. The fourth-order valence-corrected chi connectivity index (χ4v) is 1.34. The van der Waals surface area contributed by atoms with E-state index in [0.29, 0.717) is 0 Å². The molecule has 0 aliphatic carbocycles. The van der Waals surface area contributed by atoms with Gasteiger partial charge < -0.3 is 5.32 Å². The molecular weight excluding hydrogens is 218 g/mol. The molecule has 0 atom stereocenters. The predicted molar refractivity (Wildman–Crippen MR) is 65.8 cm³/mol. The fourth-order valence-electron chi connectivity index (χ4n) is 1.34. The van der Waals surface area contributed by atoms with Crippen LogP contribution in [0, 0.1) is 21.4 Å². The van der Waals surface area contributed by atoms with Crippen molar-refractivity contribution in [1.29, 1.82) is 5.26 Å². The Balaban J connectivity index is 3.07. The van der Waals surface area contributed by atoms with Crippen LogP contribution in [0.2, 0.25) is 0 Å². The van der Waals surface area contributed by atoms with Crippen molar-refractivity contribution < 1.29 is 4.92 Å². The average Bonchev–Trinajstić information content (AvgIpc) is 2.28. The van der Waals surface area contributed by atoms with Crippen LogP contribution in [0.3, 0.4) is 0 Å². The van der Waals surface area contributed by atoms with E-state index in [0.717, 1.165) is 12.1 Å². The van der Waals surface area contributed by atoms with E-state index in [-0.39, 0.29) is 16.8 Å². The monoisotopic (exact) mass is 233 g/mol. The van der Waals surface area contributed by atoms with Gasteiger partial charge in [-0.15, -0.1) is 0 Å². The first-order chi connectivity index (χ1) is 7.89. The van der Waals surface area contributed by atoms with Crippen LogP contribution >= 0.6 is 0 Å². The van der Waals surface area contributed by atoms with Gasteiger partial charge in [0.05, 0.1) is 4.92 Å². The van der Waals surface area contributed by atoms with Crippen molar-refractivity contribution in [2.24, 2.45) is 0 Å². The summed E-state index contributed by atoms with van der Waals surface area (Å²) in [6.45, 7) is 6.10. The lowest BCUT2D eigenvalue weighted by Gasteiger charge is -2.25. The van der Waals surface area contributed by atoms with Crippen molar-refractivity contribution in [3.05, 3.63) is 33.9 Å². The maximum absolute atomic E-state index is 10.7. The van der Waals surface area contributed by atoms with E-state index < -0.39 is 4.92 Å². The number of anilines is 1. The molecule has 0 amide bonds. The highest BCUT2D eigenvalue weighted by atomic mass is 16.6. The predicted octanol–water partition coefficient (Wildman–Crippen LogP) is 3.07. The molecule has 0 heterocycles. The van der Waals surface area contributed by atoms with E-state index in [1.165, 1.54) is 12.1 Å². The molecule has 1 rings (SSSR count). The molecule has 5 heteroatoms. The van der Waals surface area contributed by atoms with Crippen LogP contribution in [-0.4, -0.2) is 10.5 Å². The number of benzene rings is 1. The van der Waals surface area contributed by atoms with Gasteiger partial charge in [0.25, 0.3) is 5.69 Å². The molecule has 0 aliphatic rings. The summed E-state index contributed by atoms with van der Waals surface area (Å²) in [5.41, 5.74) is 0.529. The first-order valence-corrected chi connectivity index (χ1v) is 5.36. The summed E-state index contributed by atoms with van der Waals surface area (Å²) in [6, 6.07) is 6.32. The fraction of sp³-hybridized carbons (Fsp3) is 0.417. The Hall–Kier alpha value is -2.09. The van der Waals surface area contributed by atoms with Crippen molar-refractivity contribution in [1.82, 2.24) is 0 Å². The summed E-state index contributed by atoms with van der Waals surface area (Å²) < 4.78 is 0. The summed E-state index contributed by atoms with van der Waals surface area (Å²) in [5, 5.41) is 22.8. The number of hydrogen-bond donors (Lipinski definition) is 1. The van der Waals surface area contributed by atoms with E-state index in [1.54, 1.807) is 6.07 Å². The Morgan fingerprint density at radius 2 is 2.18 bits per heavy atom. The topological polar surface area (TPSA) is 79.0 Å². The molecule has 5 nitrogen and oxygen atoms in total. The largest absolute Gasteiger partial charge is 0.380 e. The van der Waals surface area contributed by atoms with Gasteiger partial charge in [-0.3, -0.25) is 10.1 Å². The van der Waals surface area contributed by atoms with Crippen LogP contribution in [0.4, 0.5) is 11.4 Å². The molecule has 1 aromatic carbocycles. The van der Waals surface area contributed by atoms with Crippen LogP contribution in [0.15, 0.2) is 18.2 Å². The SMILES string of the molecule is CCC(C)(C)Nc1ccc([N+](=O)[O-])c(C#N)c1. The van der Waals surface area contributed by atoms with Crippen molar-refractivity contribution in [2.75, 3.05) is 5.32 Å². The van der Waals surface area contributed by atoms with Gasteiger partial charge >= 0.3 is 0 Å². The van der Waals surface area contributed by atoms with E-state index in [1.807, 2.05) is 26.8 Å². The van der Waals surface area contributed by atoms with E-state index in [9.17, 15) is 10.1 Å². The normalized spacial score (nSPS) is 10.7. The minimum absolute atomic E-state index is 0.0758. The second kappa shape index (κ2) is 4.83. The van der Waals surface area contributed by atoms with Crippen molar-refractivity contribution in [2.45, 2.75) is 32.7 Å². The third-order valence-corrected chi connectivity index (χ3v) is 2.68. The molecule has 0 bridgehead atoms. The second-order valence-electron chi connectivity index (χ2n) is 4.46. The molecule has 0 saturated carbocycles. The molecule has 0 aromatic heterocycles. The van der Waals surface area contributed by atoms with Crippen LogP contribution in [0.5, 0.6) is 0 Å². The molecule has 0 fully saturated rings. The number of hydrogen-bond acceptors (Lipinski definition) is 4. The zero-order chi connectivity index (χ0) is 13.1. The number of nitro benzene ring substituents is 1. The lowest BCUT2D eigenvalue weighted by Crippen LogP contribution is -2.29. The standard InChI is InChI=1S/C12H15N3O2/c1-4-12(2,3)14-10-5-6-11(15(16)17)9(7-10)8-13/h5-7,14H,4H2,1-3H3. The average molecular weight is 233 g/mol. The van der Waals surface area contributed by atoms with E-state index in [2.05, 4.69) is 5.32 Å². The minimum Gasteiger partial charge on any atom is -0.380 e. The zero-order valence-electron chi connectivity index (χ0n) is 10.2. The van der Waals surface area contributed by atoms with Gasteiger partial charge in [-0.1, -0.05) is 6.92 Å². The number of nitrogens with one attached hydrogen (secondary N) is 1. The Morgan fingerprint density at radius 1 is 1.53 bits per heavy atom. The number of nitriles is 1. The third-order valence-electron chi connectivity index (χ3n) is 2.68. The van der Waals surface area contributed by atoms with Crippen LogP contribution in [-0.2, 0) is 0 Å². The molecule has 0 unspecified atom stereocenters. The Morgan fingerprint density at radius 3 is 2.65 bits per heavy atom. The summed E-state index contributed by atoms with van der Waals surface area (Å²) >= 11 is 0. The number of nitro groups is 1. The van der Waals surface area contributed by atoms with Crippen molar-refractivity contribution in [3.63, 3.8) is 0 Å². The molecule has 0 aliphatic heterocycles. The third kappa shape index (κ3) is 3.18. The van der Waals surface area contributed by atoms with Gasteiger partial charge in [0, 0.05) is 17.3 Å². The summed E-state index contributed by atoms with van der Waals surface area (Å²) in [6.07, 6.45) is 0.909. The van der Waals surface area contributed by atoms with Gasteiger partial charge in [0.15, 0.2) is 0 Å². The van der Waals surface area contributed by atoms with Crippen LogP contribution < -0.4 is 5.32 Å². The number of rotatable bonds is 4. The van der Waals surface area contributed by atoms with Crippen LogP contribution in [0.25, 0.3) is 0 Å². The molecule has 0 spiro atoms. The highest BCUT2D eigenvalue weighted by molar-refractivity contribution is 5.59. The Bertz CT molecular complexity index is 475. The highest BCUT2D eigenvalue weighted by Gasteiger charge is 2.17. The molecular formula is C12H15N3O2. The van der Waals surface area contributed by atoms with Gasteiger partial charge in [-0.05, 0) is 32.4 Å². The highest BCUT2D eigenvalue weighted by Crippen LogP contribution is 2.24. The maximum Gasteiger partial charge on any atom is 0.287 e. The molecule has 90 valence electrons. The first kappa shape index (κ1) is 13.0. The molecule has 1 N–H and O–H groups in total. The summed E-state index contributed by atoms with van der Waals surface area (Å²) in [5.74, 6) is 0. The van der Waals surface area contributed by atoms with Gasteiger partial charge in [-0.2, -0.15) is 5.26 Å². The summed E-state index contributed by atoms with van der Waals surface area (Å²) in [4.78, 5) is 10.1. The first-order valence-electron chi connectivity index (χ1n) is 5.36. The van der Waals surface area contributed by atoms with E-state index >= 15 is 0 Å². The Labute approximate surface area is 100 Å². The lowest BCUT2D eigenvalue weighted by molar-refractivity contribution is -0.385. The zero-order valence-corrected chi connectivity index (χ0v) is 10.2. The van der Waals surface area contributed by atoms with Gasteiger partial charge in [-0.25, -0.2) is 0 Å². The van der Waals surface area contributed by atoms with Crippen LogP contribution in [0.1, 0.15) is 32.8 Å². The molecule has 0 radical (unpaired) electrons. The quantitative estimate of drug-likeness (QED) is 0.640. The second-order valence-corrected chi connectivity index (χ2v) is 4.46. The van der Waals surface area contributed by atoms with Gasteiger partial charge in [0.1, 0.15) is 11.6 Å². The maximum atomic E-state index is 10.7. The summed E-state index contributed by atoms with van der Waals surface area (Å²) in [7, 11) is 0. The Kier molecular flexibility index (Phi) is 3.69. The molecule has 0 saturated heterocycles.